The van der Waals surface area contributed by atoms with Gasteiger partial charge in [-0.25, -0.2) is 4.79 Å². The number of benzene rings is 1. The Kier molecular flexibility index (Phi) is 7.18. The topological polar surface area (TPSA) is 120 Å². The lowest BCUT2D eigenvalue weighted by Gasteiger charge is -2.33. The van der Waals surface area contributed by atoms with Crippen LogP contribution in [0.1, 0.15) is 39.2 Å². The Balaban J connectivity index is 2.05. The Bertz CT molecular complexity index is 632. The van der Waals surface area contributed by atoms with E-state index in [1.165, 1.54) is 0 Å². The monoisotopic (exact) mass is 379 g/mol. The second kappa shape index (κ2) is 9.16. The minimum Gasteiger partial charge on any atom is -0.436 e. The molecule has 2 rings (SSSR count). The maximum absolute atomic E-state index is 12.7. The van der Waals surface area contributed by atoms with Crippen LogP contribution in [0.2, 0.25) is 0 Å². The summed E-state index contributed by atoms with van der Waals surface area (Å²) in [5, 5.41) is 27.4. The summed E-state index contributed by atoms with van der Waals surface area (Å²) in [6.07, 6.45) is -2.58. The van der Waals surface area contributed by atoms with E-state index in [4.69, 9.17) is 4.74 Å². The zero-order valence-electron chi connectivity index (χ0n) is 15.9. The van der Waals surface area contributed by atoms with E-state index in [9.17, 15) is 19.8 Å². The molecule has 0 saturated carbocycles. The van der Waals surface area contributed by atoms with Crippen LogP contribution in [0, 0.1) is 0 Å². The highest BCUT2D eigenvalue weighted by Gasteiger charge is 2.32. The van der Waals surface area contributed by atoms with Crippen LogP contribution in [0.5, 0.6) is 0 Å². The summed E-state index contributed by atoms with van der Waals surface area (Å²) < 4.78 is 5.38. The second-order valence-corrected chi connectivity index (χ2v) is 7.78. The van der Waals surface area contributed by atoms with E-state index in [-0.39, 0.29) is 6.42 Å². The Labute approximate surface area is 159 Å². The Morgan fingerprint density at radius 2 is 1.89 bits per heavy atom. The van der Waals surface area contributed by atoms with E-state index in [2.05, 4.69) is 16.0 Å². The SMILES string of the molecule is CC(C)(C)NC(=O)O[C@@H](Cc1ccccc1)C(=O)N[C@H]1CC[C@H](O)N[C@H]1O. The van der Waals surface area contributed by atoms with Gasteiger partial charge in [0.25, 0.3) is 5.91 Å². The van der Waals surface area contributed by atoms with Gasteiger partial charge in [-0.1, -0.05) is 30.3 Å². The summed E-state index contributed by atoms with van der Waals surface area (Å²) in [5.41, 5.74) is 0.351. The lowest BCUT2D eigenvalue weighted by Crippen LogP contribution is -2.58. The number of carbonyl (C=O) groups excluding carboxylic acids is 2. The fourth-order valence-corrected chi connectivity index (χ4v) is 2.80. The first-order valence-electron chi connectivity index (χ1n) is 9.09. The van der Waals surface area contributed by atoms with Crippen LogP contribution in [0.25, 0.3) is 0 Å². The van der Waals surface area contributed by atoms with E-state index in [1.54, 1.807) is 0 Å². The minimum absolute atomic E-state index is 0.211. The van der Waals surface area contributed by atoms with Crippen molar-refractivity contribution in [2.75, 3.05) is 0 Å². The van der Waals surface area contributed by atoms with Gasteiger partial charge < -0.3 is 25.6 Å². The van der Waals surface area contributed by atoms with Crippen molar-refractivity contribution in [2.24, 2.45) is 0 Å². The average molecular weight is 379 g/mol. The fourth-order valence-electron chi connectivity index (χ4n) is 2.80. The molecule has 1 aliphatic rings. The fraction of sp³-hybridized carbons (Fsp3) is 0.579. The van der Waals surface area contributed by atoms with Crippen molar-refractivity contribution < 1.29 is 24.5 Å². The number of ether oxygens (including phenoxy) is 1. The molecule has 8 heteroatoms. The molecule has 8 nitrogen and oxygen atoms in total. The molecule has 27 heavy (non-hydrogen) atoms. The highest BCUT2D eigenvalue weighted by atomic mass is 16.6. The lowest BCUT2D eigenvalue weighted by molar-refractivity contribution is -0.132. The smallest absolute Gasteiger partial charge is 0.408 e. The Hall–Kier alpha value is -2.16. The molecular formula is C19H29N3O5. The molecular weight excluding hydrogens is 350 g/mol. The molecule has 1 saturated heterocycles. The summed E-state index contributed by atoms with van der Waals surface area (Å²) in [4.78, 5) is 24.9. The number of alkyl carbamates (subject to hydrolysis) is 1. The highest BCUT2D eigenvalue weighted by molar-refractivity contribution is 5.84. The van der Waals surface area contributed by atoms with Gasteiger partial charge in [-0.3, -0.25) is 10.1 Å². The number of aliphatic hydroxyl groups is 2. The van der Waals surface area contributed by atoms with Crippen molar-refractivity contribution in [1.29, 1.82) is 0 Å². The lowest BCUT2D eigenvalue weighted by atomic mass is 10.0. The summed E-state index contributed by atoms with van der Waals surface area (Å²) in [6.45, 7) is 5.45. The molecule has 0 unspecified atom stereocenters. The van der Waals surface area contributed by atoms with Crippen LogP contribution in [0.4, 0.5) is 4.79 Å². The normalized spacial score (nSPS) is 24.0. The molecule has 0 radical (unpaired) electrons. The van der Waals surface area contributed by atoms with Crippen LogP contribution in [-0.2, 0) is 16.0 Å². The van der Waals surface area contributed by atoms with Crippen molar-refractivity contribution in [3.05, 3.63) is 35.9 Å². The van der Waals surface area contributed by atoms with Crippen molar-refractivity contribution >= 4 is 12.0 Å². The standard InChI is InChI=1S/C19H29N3O5/c1-19(2,3)22-18(26)27-14(11-12-7-5-4-6-8-12)17(25)20-13-9-10-15(23)21-16(13)24/h4-8,13-16,21,23-24H,9-11H2,1-3H3,(H,20,25)(H,22,26)/t13-,14-,15-,16-/m0/s1. The number of carbonyl (C=O) groups is 2. The van der Waals surface area contributed by atoms with Gasteiger partial charge in [0.2, 0.25) is 0 Å². The molecule has 150 valence electrons. The van der Waals surface area contributed by atoms with Crippen LogP contribution < -0.4 is 16.0 Å². The molecule has 1 aromatic carbocycles. The molecule has 1 heterocycles. The van der Waals surface area contributed by atoms with Crippen LogP contribution in [0.3, 0.4) is 0 Å². The molecule has 0 aliphatic carbocycles. The highest BCUT2D eigenvalue weighted by Crippen LogP contribution is 2.13. The second-order valence-electron chi connectivity index (χ2n) is 7.78. The van der Waals surface area contributed by atoms with E-state index in [0.29, 0.717) is 12.8 Å². The zero-order valence-corrected chi connectivity index (χ0v) is 15.9. The van der Waals surface area contributed by atoms with Crippen LogP contribution in [0.15, 0.2) is 30.3 Å². The van der Waals surface area contributed by atoms with Crippen LogP contribution in [-0.4, -0.2) is 52.4 Å². The third-order valence-corrected chi connectivity index (χ3v) is 4.11. The number of hydrogen-bond donors (Lipinski definition) is 5. The molecule has 2 amide bonds. The number of aliphatic hydroxyl groups excluding tert-OH is 2. The first-order valence-corrected chi connectivity index (χ1v) is 9.09. The van der Waals surface area contributed by atoms with Gasteiger partial charge in [0.1, 0.15) is 12.5 Å². The van der Waals surface area contributed by atoms with Crippen LogP contribution >= 0.6 is 0 Å². The molecule has 4 atom stereocenters. The maximum atomic E-state index is 12.7. The molecule has 1 aromatic rings. The van der Waals surface area contributed by atoms with Gasteiger partial charge in [-0.2, -0.15) is 0 Å². The minimum atomic E-state index is -1.07. The first-order chi connectivity index (χ1) is 12.6. The molecule has 1 fully saturated rings. The van der Waals surface area contributed by atoms with Gasteiger partial charge >= 0.3 is 6.09 Å². The predicted molar refractivity (Wildman–Crippen MR) is 99.6 cm³/mol. The number of rotatable bonds is 5. The summed E-state index contributed by atoms with van der Waals surface area (Å²) >= 11 is 0. The van der Waals surface area contributed by atoms with Gasteiger partial charge in [0.15, 0.2) is 6.10 Å². The van der Waals surface area contributed by atoms with Crippen molar-refractivity contribution in [1.82, 2.24) is 16.0 Å². The molecule has 0 aromatic heterocycles. The first kappa shape index (κ1) is 21.1. The van der Waals surface area contributed by atoms with Gasteiger partial charge in [0, 0.05) is 12.0 Å². The maximum Gasteiger partial charge on any atom is 0.408 e. The molecule has 0 bridgehead atoms. The number of nitrogens with one attached hydrogen (secondary N) is 3. The summed E-state index contributed by atoms with van der Waals surface area (Å²) in [6, 6.07) is 8.66. The third-order valence-electron chi connectivity index (χ3n) is 4.11. The van der Waals surface area contributed by atoms with Gasteiger partial charge in [0.05, 0.1) is 6.04 Å². The van der Waals surface area contributed by atoms with Crippen molar-refractivity contribution in [3.63, 3.8) is 0 Å². The predicted octanol–water partition coefficient (Wildman–Crippen LogP) is 0.627. The number of piperidine rings is 1. The largest absolute Gasteiger partial charge is 0.436 e. The Morgan fingerprint density at radius 3 is 2.48 bits per heavy atom. The Morgan fingerprint density at radius 1 is 1.22 bits per heavy atom. The number of amides is 2. The quantitative estimate of drug-likeness (QED) is 0.512. The van der Waals surface area contributed by atoms with E-state index in [0.717, 1.165) is 5.56 Å². The molecule has 5 N–H and O–H groups in total. The van der Waals surface area contributed by atoms with Crippen molar-refractivity contribution in [2.45, 2.75) is 70.2 Å². The van der Waals surface area contributed by atoms with Gasteiger partial charge in [-0.05, 0) is 39.2 Å². The average Bonchev–Trinajstić information content (AvgIpc) is 2.56. The summed E-state index contributed by atoms with van der Waals surface area (Å²) in [7, 11) is 0. The van der Waals surface area contributed by atoms with E-state index >= 15 is 0 Å². The summed E-state index contributed by atoms with van der Waals surface area (Å²) in [5.74, 6) is -0.495. The number of hydrogen-bond acceptors (Lipinski definition) is 6. The molecule has 0 spiro atoms. The third kappa shape index (κ3) is 7.16. The molecule has 1 aliphatic heterocycles. The van der Waals surface area contributed by atoms with Gasteiger partial charge in [-0.15, -0.1) is 0 Å². The zero-order chi connectivity index (χ0) is 20.0. The van der Waals surface area contributed by atoms with E-state index < -0.39 is 42.1 Å². The van der Waals surface area contributed by atoms with E-state index in [1.807, 2.05) is 51.1 Å². The van der Waals surface area contributed by atoms with Crippen molar-refractivity contribution in [3.8, 4) is 0 Å².